The van der Waals surface area contributed by atoms with E-state index in [0.29, 0.717) is 16.5 Å². The van der Waals surface area contributed by atoms with Crippen LogP contribution in [0.15, 0.2) is 28.1 Å². The summed E-state index contributed by atoms with van der Waals surface area (Å²) in [5, 5.41) is 8.03. The van der Waals surface area contributed by atoms with Crippen LogP contribution in [-0.4, -0.2) is 35.5 Å². The van der Waals surface area contributed by atoms with Crippen LogP contribution in [0.2, 0.25) is 0 Å². The maximum Gasteiger partial charge on any atom is 0.264 e. The van der Waals surface area contributed by atoms with Gasteiger partial charge < -0.3 is 14.7 Å². The molecule has 0 spiro atoms. The van der Waals surface area contributed by atoms with Gasteiger partial charge in [0.05, 0.1) is 11.4 Å². The lowest BCUT2D eigenvalue weighted by molar-refractivity contribution is -0.116. The standard InChI is InChI=1S/C12H13N3O3S/c1-8-6-10(14-18-8)13-11(16)7-15(2)12(17)9-4-3-5-19-9/h3-6H,7H2,1-2H3,(H,13,14,16). The average Bonchev–Trinajstić information content (AvgIpc) is 2.99. The number of likely N-dealkylation sites (N-methyl/N-ethyl adjacent to an activating group) is 1. The zero-order valence-electron chi connectivity index (χ0n) is 10.5. The fourth-order valence-corrected chi connectivity index (χ4v) is 2.20. The first-order valence-corrected chi connectivity index (χ1v) is 6.46. The number of hydrogen-bond donors (Lipinski definition) is 1. The van der Waals surface area contributed by atoms with E-state index in [1.807, 2.05) is 5.38 Å². The predicted molar refractivity (Wildman–Crippen MR) is 71.1 cm³/mol. The van der Waals surface area contributed by atoms with Gasteiger partial charge in [0.15, 0.2) is 5.82 Å². The molecule has 19 heavy (non-hydrogen) atoms. The lowest BCUT2D eigenvalue weighted by Crippen LogP contribution is -2.34. The molecule has 2 amide bonds. The predicted octanol–water partition coefficient (Wildman–Crippen LogP) is 1.76. The van der Waals surface area contributed by atoms with Crippen molar-refractivity contribution < 1.29 is 14.1 Å². The molecule has 1 N–H and O–H groups in total. The average molecular weight is 279 g/mol. The normalized spacial score (nSPS) is 10.2. The molecule has 2 rings (SSSR count). The highest BCUT2D eigenvalue weighted by molar-refractivity contribution is 7.12. The molecule has 0 aliphatic rings. The molecular weight excluding hydrogens is 266 g/mol. The Hall–Kier alpha value is -2.15. The van der Waals surface area contributed by atoms with E-state index < -0.39 is 0 Å². The van der Waals surface area contributed by atoms with Gasteiger partial charge in [-0.15, -0.1) is 11.3 Å². The molecule has 0 saturated carbocycles. The summed E-state index contributed by atoms with van der Waals surface area (Å²) < 4.78 is 4.83. The third-order valence-electron chi connectivity index (χ3n) is 2.35. The van der Waals surface area contributed by atoms with E-state index in [-0.39, 0.29) is 18.4 Å². The first-order valence-electron chi connectivity index (χ1n) is 5.58. The van der Waals surface area contributed by atoms with Crippen LogP contribution in [0.5, 0.6) is 0 Å². The smallest absolute Gasteiger partial charge is 0.264 e. The Labute approximate surface area is 114 Å². The second-order valence-electron chi connectivity index (χ2n) is 4.01. The van der Waals surface area contributed by atoms with Crippen molar-refractivity contribution in [3.8, 4) is 0 Å². The lowest BCUT2D eigenvalue weighted by Gasteiger charge is -2.15. The highest BCUT2D eigenvalue weighted by Crippen LogP contribution is 2.11. The van der Waals surface area contributed by atoms with E-state index >= 15 is 0 Å². The van der Waals surface area contributed by atoms with Crippen molar-refractivity contribution in [2.75, 3.05) is 18.9 Å². The highest BCUT2D eigenvalue weighted by atomic mass is 32.1. The van der Waals surface area contributed by atoms with E-state index in [0.717, 1.165) is 0 Å². The van der Waals surface area contributed by atoms with E-state index in [1.54, 1.807) is 32.2 Å². The Kier molecular flexibility index (Phi) is 3.96. The topological polar surface area (TPSA) is 75.4 Å². The number of anilines is 1. The van der Waals surface area contributed by atoms with Gasteiger partial charge in [0.25, 0.3) is 5.91 Å². The largest absolute Gasteiger partial charge is 0.360 e. The summed E-state index contributed by atoms with van der Waals surface area (Å²) in [5.74, 6) is 0.458. The number of thiophene rings is 1. The van der Waals surface area contributed by atoms with E-state index in [2.05, 4.69) is 10.5 Å². The molecule has 2 aromatic heterocycles. The third-order valence-corrected chi connectivity index (χ3v) is 3.21. The number of carbonyl (C=O) groups is 2. The van der Waals surface area contributed by atoms with E-state index in [1.165, 1.54) is 16.2 Å². The second kappa shape index (κ2) is 5.66. The highest BCUT2D eigenvalue weighted by Gasteiger charge is 2.16. The molecular formula is C12H13N3O3S. The van der Waals surface area contributed by atoms with Gasteiger partial charge in [0.1, 0.15) is 5.76 Å². The first kappa shape index (κ1) is 13.3. The number of nitrogens with zero attached hydrogens (tertiary/aromatic N) is 2. The summed E-state index contributed by atoms with van der Waals surface area (Å²) in [6, 6.07) is 5.13. The van der Waals surface area contributed by atoms with Gasteiger partial charge in [-0.2, -0.15) is 0 Å². The monoisotopic (exact) mass is 279 g/mol. The Morgan fingerprint density at radius 1 is 1.53 bits per heavy atom. The van der Waals surface area contributed by atoms with Gasteiger partial charge in [-0.25, -0.2) is 0 Å². The molecule has 0 fully saturated rings. The number of amides is 2. The second-order valence-corrected chi connectivity index (χ2v) is 4.96. The molecule has 7 heteroatoms. The summed E-state index contributed by atoms with van der Waals surface area (Å²) in [5.41, 5.74) is 0. The minimum Gasteiger partial charge on any atom is -0.360 e. The van der Waals surface area contributed by atoms with Crippen molar-refractivity contribution in [1.82, 2.24) is 10.1 Å². The Morgan fingerprint density at radius 2 is 2.32 bits per heavy atom. The van der Waals surface area contributed by atoms with Crippen LogP contribution in [0.4, 0.5) is 5.82 Å². The molecule has 0 aliphatic heterocycles. The molecule has 6 nitrogen and oxygen atoms in total. The van der Waals surface area contributed by atoms with Crippen molar-refractivity contribution in [2.24, 2.45) is 0 Å². The quantitative estimate of drug-likeness (QED) is 0.925. The number of rotatable bonds is 4. The summed E-state index contributed by atoms with van der Waals surface area (Å²) >= 11 is 1.34. The SMILES string of the molecule is Cc1cc(NC(=O)CN(C)C(=O)c2cccs2)no1. The van der Waals surface area contributed by atoms with E-state index in [4.69, 9.17) is 4.52 Å². The fraction of sp³-hybridized carbons (Fsp3) is 0.250. The number of nitrogens with one attached hydrogen (secondary N) is 1. The minimum absolute atomic E-state index is 0.0390. The van der Waals surface area contributed by atoms with Crippen molar-refractivity contribution in [3.05, 3.63) is 34.2 Å². The van der Waals surface area contributed by atoms with Crippen LogP contribution in [0, 0.1) is 6.92 Å². The molecule has 0 aromatic carbocycles. The maximum atomic E-state index is 11.9. The summed E-state index contributed by atoms with van der Waals surface area (Å²) in [6.45, 7) is 1.69. The molecule has 0 saturated heterocycles. The molecule has 0 aliphatic carbocycles. The van der Waals surface area contributed by atoms with Crippen LogP contribution in [-0.2, 0) is 4.79 Å². The Morgan fingerprint density at radius 3 is 2.89 bits per heavy atom. The summed E-state index contributed by atoms with van der Waals surface area (Å²) in [4.78, 5) is 25.6. The van der Waals surface area contributed by atoms with Crippen LogP contribution in [0.25, 0.3) is 0 Å². The number of aromatic nitrogens is 1. The molecule has 2 aromatic rings. The molecule has 0 bridgehead atoms. The van der Waals surface area contributed by atoms with Gasteiger partial charge in [-0.1, -0.05) is 11.2 Å². The molecule has 100 valence electrons. The van der Waals surface area contributed by atoms with Crippen LogP contribution in [0.3, 0.4) is 0 Å². The summed E-state index contributed by atoms with van der Waals surface area (Å²) in [6.07, 6.45) is 0. The maximum absolute atomic E-state index is 11.9. The molecule has 0 radical (unpaired) electrons. The van der Waals surface area contributed by atoms with Gasteiger partial charge in [0, 0.05) is 13.1 Å². The molecule has 2 heterocycles. The van der Waals surface area contributed by atoms with Gasteiger partial charge in [-0.05, 0) is 18.4 Å². The number of carbonyl (C=O) groups excluding carboxylic acids is 2. The Balaban J connectivity index is 1.90. The van der Waals surface area contributed by atoms with Crippen LogP contribution < -0.4 is 5.32 Å². The van der Waals surface area contributed by atoms with Crippen molar-refractivity contribution in [1.29, 1.82) is 0 Å². The summed E-state index contributed by atoms with van der Waals surface area (Å²) in [7, 11) is 1.58. The van der Waals surface area contributed by atoms with Crippen LogP contribution in [0.1, 0.15) is 15.4 Å². The van der Waals surface area contributed by atoms with Gasteiger partial charge in [0.2, 0.25) is 5.91 Å². The van der Waals surface area contributed by atoms with Crippen molar-refractivity contribution in [2.45, 2.75) is 6.92 Å². The molecule has 0 atom stereocenters. The van der Waals surface area contributed by atoms with E-state index in [9.17, 15) is 9.59 Å². The lowest BCUT2D eigenvalue weighted by atomic mass is 10.4. The number of hydrogen-bond acceptors (Lipinski definition) is 5. The van der Waals surface area contributed by atoms with Gasteiger partial charge >= 0.3 is 0 Å². The van der Waals surface area contributed by atoms with Crippen LogP contribution >= 0.6 is 11.3 Å². The Bertz CT molecular complexity index is 577. The first-order chi connectivity index (χ1) is 9.06. The van der Waals surface area contributed by atoms with Crippen molar-refractivity contribution in [3.63, 3.8) is 0 Å². The number of aryl methyl sites for hydroxylation is 1. The minimum atomic E-state index is -0.319. The van der Waals surface area contributed by atoms with Gasteiger partial charge in [-0.3, -0.25) is 9.59 Å². The zero-order chi connectivity index (χ0) is 13.8. The third kappa shape index (κ3) is 3.41. The van der Waals surface area contributed by atoms with Crippen molar-refractivity contribution >= 4 is 29.0 Å². The zero-order valence-corrected chi connectivity index (χ0v) is 11.4. The fourth-order valence-electron chi connectivity index (χ4n) is 1.48. The molecule has 0 unspecified atom stereocenters.